The number of aliphatic hydroxyl groups is 1. The SMILES string of the molecule is CC(C)c1nc2c(c(N3CCCC3)n1)CCN(Cc1cnc(N(C)C)nc1)C2.O=C(O)CC(O)(CC(=O)O)C(=O)O. The lowest BCUT2D eigenvalue weighted by atomic mass is 9.96. The van der Waals surface area contributed by atoms with Gasteiger partial charge >= 0.3 is 17.9 Å². The Balaban J connectivity index is 0.000000302. The van der Waals surface area contributed by atoms with Crippen LogP contribution in [0.1, 0.15) is 68.1 Å². The summed E-state index contributed by atoms with van der Waals surface area (Å²) in [5.41, 5.74) is 0.976. The minimum Gasteiger partial charge on any atom is -0.481 e. The quantitative estimate of drug-likeness (QED) is 0.318. The summed E-state index contributed by atoms with van der Waals surface area (Å²) in [4.78, 5) is 56.1. The zero-order chi connectivity index (χ0) is 30.3. The maximum Gasteiger partial charge on any atom is 0.336 e. The number of rotatable bonds is 10. The van der Waals surface area contributed by atoms with Gasteiger partial charge in [-0.15, -0.1) is 0 Å². The molecule has 2 aliphatic rings. The lowest BCUT2D eigenvalue weighted by molar-refractivity contribution is -0.170. The second-order valence-electron chi connectivity index (χ2n) is 10.9. The molecule has 0 amide bonds. The van der Waals surface area contributed by atoms with E-state index in [0.29, 0.717) is 5.92 Å². The van der Waals surface area contributed by atoms with E-state index in [0.717, 1.165) is 56.5 Å². The maximum atomic E-state index is 10.3. The van der Waals surface area contributed by atoms with Crippen LogP contribution in [0.3, 0.4) is 0 Å². The van der Waals surface area contributed by atoms with E-state index in [9.17, 15) is 14.4 Å². The van der Waals surface area contributed by atoms with Crippen molar-refractivity contribution in [2.75, 3.05) is 43.5 Å². The van der Waals surface area contributed by atoms with Crippen molar-refractivity contribution in [2.24, 2.45) is 0 Å². The summed E-state index contributed by atoms with van der Waals surface area (Å²) < 4.78 is 0. The van der Waals surface area contributed by atoms with Crippen LogP contribution in [0.25, 0.3) is 0 Å². The second-order valence-corrected chi connectivity index (χ2v) is 10.9. The molecular formula is C27H39N7O7. The van der Waals surface area contributed by atoms with Gasteiger partial charge in [0.15, 0.2) is 5.60 Å². The van der Waals surface area contributed by atoms with Crippen LogP contribution in [-0.2, 0) is 33.9 Å². The van der Waals surface area contributed by atoms with Gasteiger partial charge in [-0.1, -0.05) is 13.8 Å². The molecule has 0 bridgehead atoms. The molecule has 224 valence electrons. The van der Waals surface area contributed by atoms with Gasteiger partial charge in [0.1, 0.15) is 11.6 Å². The summed E-state index contributed by atoms with van der Waals surface area (Å²) in [5.74, 6) is -1.76. The first-order valence-electron chi connectivity index (χ1n) is 13.5. The van der Waals surface area contributed by atoms with E-state index in [1.165, 1.54) is 29.9 Å². The number of fused-ring (bicyclic) bond motifs is 1. The van der Waals surface area contributed by atoms with Crippen molar-refractivity contribution in [3.8, 4) is 0 Å². The van der Waals surface area contributed by atoms with Crippen LogP contribution in [0, 0.1) is 0 Å². The zero-order valence-electron chi connectivity index (χ0n) is 23.9. The number of carbonyl (C=O) groups is 3. The normalized spacial score (nSPS) is 15.2. The first-order valence-corrected chi connectivity index (χ1v) is 13.5. The molecular weight excluding hydrogens is 534 g/mol. The van der Waals surface area contributed by atoms with Crippen LogP contribution in [0.2, 0.25) is 0 Å². The molecule has 2 aliphatic heterocycles. The third-order valence-electron chi connectivity index (χ3n) is 6.84. The summed E-state index contributed by atoms with van der Waals surface area (Å²) in [5, 5.41) is 33.8. The van der Waals surface area contributed by atoms with Gasteiger partial charge in [-0.25, -0.2) is 24.7 Å². The molecule has 0 atom stereocenters. The Labute approximate surface area is 238 Å². The Bertz CT molecular complexity index is 1220. The molecule has 0 radical (unpaired) electrons. The highest BCUT2D eigenvalue weighted by atomic mass is 16.4. The molecule has 14 nitrogen and oxygen atoms in total. The smallest absolute Gasteiger partial charge is 0.336 e. The lowest BCUT2D eigenvalue weighted by Crippen LogP contribution is -2.42. The summed E-state index contributed by atoms with van der Waals surface area (Å²) >= 11 is 0. The molecule has 0 unspecified atom stereocenters. The Morgan fingerprint density at radius 3 is 2.05 bits per heavy atom. The van der Waals surface area contributed by atoms with Crippen LogP contribution in [0.15, 0.2) is 12.4 Å². The minimum atomic E-state index is -2.74. The molecule has 4 rings (SSSR count). The molecule has 2 aromatic heterocycles. The molecule has 4 heterocycles. The van der Waals surface area contributed by atoms with Crippen molar-refractivity contribution in [3.63, 3.8) is 0 Å². The predicted molar refractivity (Wildman–Crippen MR) is 149 cm³/mol. The van der Waals surface area contributed by atoms with Crippen LogP contribution in [0.4, 0.5) is 11.8 Å². The topological polar surface area (TPSA) is 193 Å². The standard InChI is InChI=1S/C21H31N7.C6H8O7/c1-15(2)19-24-18-14-27(13-16-11-22-21(23-12-16)26(3)4)10-7-17(18)20(25-19)28-8-5-6-9-28;7-3(8)1-6(13,5(11)12)2-4(9)10/h11-12,15H,5-10,13-14H2,1-4H3;13H,1-2H2,(H,7,8)(H,9,10)(H,11,12). The zero-order valence-corrected chi connectivity index (χ0v) is 23.9. The third kappa shape index (κ3) is 8.54. The molecule has 41 heavy (non-hydrogen) atoms. The molecule has 14 heteroatoms. The fraction of sp³-hybridized carbons (Fsp3) is 0.593. The van der Waals surface area contributed by atoms with Gasteiger partial charge in [-0.2, -0.15) is 0 Å². The fourth-order valence-electron chi connectivity index (χ4n) is 4.70. The van der Waals surface area contributed by atoms with Gasteiger partial charge < -0.3 is 30.2 Å². The van der Waals surface area contributed by atoms with Crippen molar-refractivity contribution in [2.45, 2.75) is 70.6 Å². The number of hydrogen-bond acceptors (Lipinski definition) is 11. The van der Waals surface area contributed by atoms with Gasteiger partial charge in [-0.05, 0) is 19.3 Å². The third-order valence-corrected chi connectivity index (χ3v) is 6.84. The Hall–Kier alpha value is -3.91. The number of carboxylic acids is 3. The molecule has 4 N–H and O–H groups in total. The highest BCUT2D eigenvalue weighted by molar-refractivity contribution is 5.88. The first kappa shape index (κ1) is 31.6. The van der Waals surface area contributed by atoms with Crippen LogP contribution in [-0.4, -0.2) is 103 Å². The molecule has 2 aromatic rings. The maximum absolute atomic E-state index is 10.3. The van der Waals surface area contributed by atoms with E-state index in [-0.39, 0.29) is 0 Å². The highest BCUT2D eigenvalue weighted by Crippen LogP contribution is 2.30. The van der Waals surface area contributed by atoms with E-state index in [2.05, 4.69) is 33.6 Å². The summed E-state index contributed by atoms with van der Waals surface area (Å²) in [6.07, 6.45) is 5.13. The van der Waals surface area contributed by atoms with E-state index in [4.69, 9.17) is 30.4 Å². The molecule has 0 saturated carbocycles. The molecule has 0 spiro atoms. The van der Waals surface area contributed by atoms with Crippen LogP contribution >= 0.6 is 0 Å². The van der Waals surface area contributed by atoms with Gasteiger partial charge in [-0.3, -0.25) is 14.5 Å². The summed E-state index contributed by atoms with van der Waals surface area (Å²) in [6.45, 7) is 9.36. The molecule has 0 aromatic carbocycles. The number of anilines is 2. The van der Waals surface area contributed by atoms with Crippen molar-refractivity contribution in [3.05, 3.63) is 35.0 Å². The van der Waals surface area contributed by atoms with E-state index in [1.807, 2.05) is 31.4 Å². The number of aliphatic carboxylic acids is 3. The van der Waals surface area contributed by atoms with Gasteiger partial charge in [0.05, 0.1) is 18.5 Å². The first-order chi connectivity index (χ1) is 19.3. The Morgan fingerprint density at radius 2 is 1.56 bits per heavy atom. The number of hydrogen-bond donors (Lipinski definition) is 4. The summed E-state index contributed by atoms with van der Waals surface area (Å²) in [6, 6.07) is 0. The number of nitrogens with zero attached hydrogens (tertiary/aromatic N) is 7. The Morgan fingerprint density at radius 1 is 0.976 bits per heavy atom. The number of carboxylic acid groups (broad SMARTS) is 3. The van der Waals surface area contributed by atoms with Gasteiger partial charge in [0, 0.05) is 76.3 Å². The minimum absolute atomic E-state index is 0.342. The highest BCUT2D eigenvalue weighted by Gasteiger charge is 2.40. The Kier molecular flexibility index (Phi) is 10.5. The van der Waals surface area contributed by atoms with Crippen molar-refractivity contribution >= 4 is 29.7 Å². The molecule has 1 fully saturated rings. The lowest BCUT2D eigenvalue weighted by Gasteiger charge is -2.31. The van der Waals surface area contributed by atoms with Crippen LogP contribution in [0.5, 0.6) is 0 Å². The number of aromatic nitrogens is 4. The van der Waals surface area contributed by atoms with Crippen molar-refractivity contribution in [1.82, 2.24) is 24.8 Å². The average Bonchev–Trinajstić information content (AvgIpc) is 3.42. The van der Waals surface area contributed by atoms with E-state index >= 15 is 0 Å². The predicted octanol–water partition coefficient (Wildman–Crippen LogP) is 1.37. The second kappa shape index (κ2) is 13.6. The largest absolute Gasteiger partial charge is 0.481 e. The fourth-order valence-corrected chi connectivity index (χ4v) is 4.70. The molecule has 1 saturated heterocycles. The average molecular weight is 574 g/mol. The van der Waals surface area contributed by atoms with Crippen LogP contribution < -0.4 is 9.80 Å². The summed E-state index contributed by atoms with van der Waals surface area (Å²) in [7, 11) is 3.92. The monoisotopic (exact) mass is 573 g/mol. The van der Waals surface area contributed by atoms with Gasteiger partial charge in [0.2, 0.25) is 5.95 Å². The van der Waals surface area contributed by atoms with Crippen molar-refractivity contribution in [1.29, 1.82) is 0 Å². The van der Waals surface area contributed by atoms with E-state index < -0.39 is 36.4 Å². The van der Waals surface area contributed by atoms with Gasteiger partial charge in [0.25, 0.3) is 0 Å². The molecule has 0 aliphatic carbocycles. The van der Waals surface area contributed by atoms with E-state index in [1.54, 1.807) is 0 Å². The van der Waals surface area contributed by atoms with Crippen molar-refractivity contribution < 1.29 is 34.8 Å².